The summed E-state index contributed by atoms with van der Waals surface area (Å²) in [6, 6.07) is 0.378. The normalized spacial score (nSPS) is 33.5. The van der Waals surface area contributed by atoms with Crippen LogP contribution >= 0.6 is 0 Å². The maximum atomic E-state index is 10.1. The lowest BCUT2D eigenvalue weighted by atomic mass is 9.87. The number of aliphatic hydroxyl groups excluding tert-OH is 1. The molecule has 76 valence electrons. The fourth-order valence-electron chi connectivity index (χ4n) is 2.52. The highest BCUT2D eigenvalue weighted by molar-refractivity contribution is 4.87. The van der Waals surface area contributed by atoms with Gasteiger partial charge in [0.2, 0.25) is 0 Å². The van der Waals surface area contributed by atoms with Crippen molar-refractivity contribution in [3.63, 3.8) is 0 Å². The first-order valence-corrected chi connectivity index (χ1v) is 5.50. The molecule has 2 aliphatic heterocycles. The highest BCUT2D eigenvalue weighted by Crippen LogP contribution is 2.22. The van der Waals surface area contributed by atoms with Gasteiger partial charge in [-0.05, 0) is 51.2 Å². The molecule has 2 fully saturated rings. The van der Waals surface area contributed by atoms with Gasteiger partial charge < -0.3 is 15.7 Å². The molecule has 0 radical (unpaired) electrons. The second-order valence-corrected chi connectivity index (χ2v) is 4.28. The first-order chi connectivity index (χ1) is 6.38. The van der Waals surface area contributed by atoms with Crippen LogP contribution in [0.15, 0.2) is 0 Å². The van der Waals surface area contributed by atoms with Gasteiger partial charge in [-0.15, -0.1) is 0 Å². The number of hydrogen-bond donors (Lipinski definition) is 3. The Morgan fingerprint density at radius 1 is 1.08 bits per heavy atom. The molecule has 2 heterocycles. The molecular formula is C10H20N2O. The molecule has 0 aliphatic carbocycles. The van der Waals surface area contributed by atoms with E-state index in [9.17, 15) is 5.11 Å². The predicted molar refractivity (Wildman–Crippen MR) is 52.6 cm³/mol. The highest BCUT2D eigenvalue weighted by atomic mass is 16.3. The largest absolute Gasteiger partial charge is 0.391 e. The summed E-state index contributed by atoms with van der Waals surface area (Å²) < 4.78 is 0. The van der Waals surface area contributed by atoms with Crippen LogP contribution in [0.4, 0.5) is 0 Å². The van der Waals surface area contributed by atoms with E-state index in [2.05, 4.69) is 10.6 Å². The van der Waals surface area contributed by atoms with Crippen LogP contribution in [0.25, 0.3) is 0 Å². The Labute approximate surface area is 79.9 Å². The summed E-state index contributed by atoms with van der Waals surface area (Å²) in [5.74, 6) is 0.525. The molecule has 3 heteroatoms. The van der Waals surface area contributed by atoms with Crippen LogP contribution in [0.5, 0.6) is 0 Å². The van der Waals surface area contributed by atoms with E-state index in [-0.39, 0.29) is 6.10 Å². The number of aliphatic hydroxyl groups is 1. The number of nitrogens with one attached hydrogen (secondary N) is 2. The van der Waals surface area contributed by atoms with E-state index in [0.717, 1.165) is 38.9 Å². The molecule has 0 aromatic carbocycles. The minimum Gasteiger partial charge on any atom is -0.391 e. The molecule has 0 spiro atoms. The third-order valence-corrected chi connectivity index (χ3v) is 3.38. The third kappa shape index (κ3) is 2.22. The summed E-state index contributed by atoms with van der Waals surface area (Å²) in [5.41, 5.74) is 0. The summed E-state index contributed by atoms with van der Waals surface area (Å²) in [6.07, 6.45) is 4.56. The molecule has 3 nitrogen and oxygen atoms in total. The third-order valence-electron chi connectivity index (χ3n) is 3.38. The summed E-state index contributed by atoms with van der Waals surface area (Å²) in [5, 5.41) is 16.8. The number of piperidine rings is 1. The zero-order chi connectivity index (χ0) is 9.10. The molecule has 0 aromatic heterocycles. The van der Waals surface area contributed by atoms with Gasteiger partial charge in [0.15, 0.2) is 0 Å². The Morgan fingerprint density at radius 3 is 2.46 bits per heavy atom. The average molecular weight is 184 g/mol. The van der Waals surface area contributed by atoms with Crippen LogP contribution in [-0.4, -0.2) is 36.9 Å². The summed E-state index contributed by atoms with van der Waals surface area (Å²) in [6.45, 7) is 3.25. The van der Waals surface area contributed by atoms with Crippen LogP contribution in [0, 0.1) is 5.92 Å². The van der Waals surface area contributed by atoms with Gasteiger partial charge in [0.05, 0.1) is 6.10 Å². The molecule has 2 aliphatic rings. The van der Waals surface area contributed by atoms with Gasteiger partial charge >= 0.3 is 0 Å². The van der Waals surface area contributed by atoms with Crippen LogP contribution in [0.3, 0.4) is 0 Å². The van der Waals surface area contributed by atoms with Crippen molar-refractivity contribution in [3.8, 4) is 0 Å². The first kappa shape index (κ1) is 9.44. The standard InChI is InChI=1S/C10H20N2O/c13-10(9-2-1-5-12-9)8-3-6-11-7-4-8/h8-13H,1-7H2. The molecule has 0 aromatic rings. The molecule has 2 unspecified atom stereocenters. The molecule has 13 heavy (non-hydrogen) atoms. The quantitative estimate of drug-likeness (QED) is 0.570. The van der Waals surface area contributed by atoms with E-state index in [1.54, 1.807) is 0 Å². The fraction of sp³-hybridized carbons (Fsp3) is 1.00. The van der Waals surface area contributed by atoms with Crippen molar-refractivity contribution in [1.29, 1.82) is 0 Å². The van der Waals surface area contributed by atoms with Crippen molar-refractivity contribution in [3.05, 3.63) is 0 Å². The monoisotopic (exact) mass is 184 g/mol. The van der Waals surface area contributed by atoms with Gasteiger partial charge in [-0.3, -0.25) is 0 Å². The van der Waals surface area contributed by atoms with Crippen molar-refractivity contribution in [2.75, 3.05) is 19.6 Å². The minimum atomic E-state index is -0.107. The van der Waals surface area contributed by atoms with Crippen LogP contribution in [0.2, 0.25) is 0 Å². The van der Waals surface area contributed by atoms with E-state index in [1.807, 2.05) is 0 Å². The van der Waals surface area contributed by atoms with Crippen molar-refractivity contribution >= 4 is 0 Å². The van der Waals surface area contributed by atoms with Gasteiger partial charge in [0, 0.05) is 6.04 Å². The van der Waals surface area contributed by atoms with E-state index in [1.165, 1.54) is 6.42 Å². The second-order valence-electron chi connectivity index (χ2n) is 4.28. The van der Waals surface area contributed by atoms with Gasteiger partial charge in [0.25, 0.3) is 0 Å². The topological polar surface area (TPSA) is 44.3 Å². The molecule has 2 atom stereocenters. The summed E-state index contributed by atoms with van der Waals surface area (Å²) in [7, 11) is 0. The Balaban J connectivity index is 1.83. The molecule has 0 saturated carbocycles. The molecule has 2 saturated heterocycles. The van der Waals surface area contributed by atoms with Crippen LogP contribution < -0.4 is 10.6 Å². The highest BCUT2D eigenvalue weighted by Gasteiger charge is 2.30. The average Bonchev–Trinajstić information content (AvgIpc) is 2.71. The Morgan fingerprint density at radius 2 is 1.85 bits per heavy atom. The molecule has 0 bridgehead atoms. The maximum absolute atomic E-state index is 10.1. The van der Waals surface area contributed by atoms with E-state index >= 15 is 0 Å². The zero-order valence-corrected chi connectivity index (χ0v) is 8.13. The predicted octanol–water partition coefficient (Wildman–Crippen LogP) is 0.0989. The van der Waals surface area contributed by atoms with Crippen molar-refractivity contribution in [1.82, 2.24) is 10.6 Å². The Kier molecular flexibility index (Phi) is 3.19. The van der Waals surface area contributed by atoms with Gasteiger partial charge in [-0.1, -0.05) is 0 Å². The lowest BCUT2D eigenvalue weighted by molar-refractivity contribution is 0.0594. The Hall–Kier alpha value is -0.120. The molecular weight excluding hydrogens is 164 g/mol. The van der Waals surface area contributed by atoms with Crippen LogP contribution in [-0.2, 0) is 0 Å². The van der Waals surface area contributed by atoms with E-state index < -0.39 is 0 Å². The van der Waals surface area contributed by atoms with Crippen molar-refractivity contribution in [2.24, 2.45) is 5.92 Å². The summed E-state index contributed by atoms with van der Waals surface area (Å²) in [4.78, 5) is 0. The first-order valence-electron chi connectivity index (χ1n) is 5.50. The lowest BCUT2D eigenvalue weighted by Crippen LogP contribution is -2.43. The second kappa shape index (κ2) is 4.40. The van der Waals surface area contributed by atoms with Gasteiger partial charge in [0.1, 0.15) is 0 Å². The Bertz CT molecular complexity index is 151. The van der Waals surface area contributed by atoms with Gasteiger partial charge in [-0.25, -0.2) is 0 Å². The summed E-state index contributed by atoms with van der Waals surface area (Å²) >= 11 is 0. The van der Waals surface area contributed by atoms with Gasteiger partial charge in [-0.2, -0.15) is 0 Å². The van der Waals surface area contributed by atoms with Crippen molar-refractivity contribution < 1.29 is 5.11 Å². The van der Waals surface area contributed by atoms with Crippen molar-refractivity contribution in [2.45, 2.75) is 37.8 Å². The lowest BCUT2D eigenvalue weighted by Gasteiger charge is -2.30. The smallest absolute Gasteiger partial charge is 0.0722 e. The minimum absolute atomic E-state index is 0.107. The number of hydrogen-bond acceptors (Lipinski definition) is 3. The zero-order valence-electron chi connectivity index (χ0n) is 8.13. The molecule has 0 amide bonds. The fourth-order valence-corrected chi connectivity index (χ4v) is 2.52. The SMILES string of the molecule is OC(C1CCNCC1)C1CCCN1. The molecule has 3 N–H and O–H groups in total. The molecule has 2 rings (SSSR count). The maximum Gasteiger partial charge on any atom is 0.0722 e. The van der Waals surface area contributed by atoms with Crippen LogP contribution in [0.1, 0.15) is 25.7 Å². The number of rotatable bonds is 2. The van der Waals surface area contributed by atoms with E-state index in [0.29, 0.717) is 12.0 Å². The van der Waals surface area contributed by atoms with E-state index in [4.69, 9.17) is 0 Å².